The summed E-state index contributed by atoms with van der Waals surface area (Å²) >= 11 is 0. The predicted molar refractivity (Wildman–Crippen MR) is 85.2 cm³/mol. The molecule has 0 spiro atoms. The van der Waals surface area contributed by atoms with Crippen molar-refractivity contribution in [3.05, 3.63) is 11.9 Å². The van der Waals surface area contributed by atoms with Crippen LogP contribution in [0.3, 0.4) is 0 Å². The predicted octanol–water partition coefficient (Wildman–Crippen LogP) is 3.71. The Labute approximate surface area is 122 Å². The van der Waals surface area contributed by atoms with Gasteiger partial charge in [-0.3, -0.25) is 0 Å². The van der Waals surface area contributed by atoms with Crippen LogP contribution < -0.4 is 10.6 Å². The van der Waals surface area contributed by atoms with Crippen molar-refractivity contribution in [3.63, 3.8) is 0 Å². The summed E-state index contributed by atoms with van der Waals surface area (Å²) in [6, 6.07) is 2.58. The third-order valence-corrected chi connectivity index (χ3v) is 4.21. The second-order valence-corrected chi connectivity index (χ2v) is 6.08. The van der Waals surface area contributed by atoms with Gasteiger partial charge in [-0.05, 0) is 38.0 Å². The van der Waals surface area contributed by atoms with Crippen molar-refractivity contribution in [2.24, 2.45) is 11.8 Å². The van der Waals surface area contributed by atoms with Crippen molar-refractivity contribution in [3.8, 4) is 0 Å². The fourth-order valence-electron chi connectivity index (χ4n) is 3.07. The second kappa shape index (κ2) is 6.91. The minimum Gasteiger partial charge on any atom is -0.370 e. The van der Waals surface area contributed by atoms with Crippen molar-refractivity contribution >= 4 is 11.6 Å². The van der Waals surface area contributed by atoms with Crippen molar-refractivity contribution in [2.75, 3.05) is 17.2 Å². The summed E-state index contributed by atoms with van der Waals surface area (Å²) in [5.41, 5.74) is 0. The lowest BCUT2D eigenvalue weighted by Gasteiger charge is -2.33. The Morgan fingerprint density at radius 1 is 1.15 bits per heavy atom. The molecule has 3 unspecified atom stereocenters. The summed E-state index contributed by atoms with van der Waals surface area (Å²) in [5.74, 6) is 4.37. The van der Waals surface area contributed by atoms with Gasteiger partial charge in [0.1, 0.15) is 17.5 Å². The summed E-state index contributed by atoms with van der Waals surface area (Å²) in [6.45, 7) is 9.78. The molecular weight excluding hydrogens is 248 g/mol. The van der Waals surface area contributed by atoms with Crippen molar-refractivity contribution in [2.45, 2.75) is 59.4 Å². The molecule has 112 valence electrons. The van der Waals surface area contributed by atoms with Crippen LogP contribution in [0.5, 0.6) is 0 Å². The lowest BCUT2D eigenvalue weighted by atomic mass is 9.80. The van der Waals surface area contributed by atoms with Gasteiger partial charge in [0.2, 0.25) is 0 Å². The normalized spacial score (nSPS) is 26.3. The maximum absolute atomic E-state index is 4.62. The summed E-state index contributed by atoms with van der Waals surface area (Å²) < 4.78 is 0. The minimum absolute atomic E-state index is 0.542. The molecule has 4 heteroatoms. The van der Waals surface area contributed by atoms with Gasteiger partial charge < -0.3 is 10.6 Å². The van der Waals surface area contributed by atoms with E-state index in [4.69, 9.17) is 0 Å². The maximum atomic E-state index is 4.62. The van der Waals surface area contributed by atoms with Gasteiger partial charge in [0.25, 0.3) is 0 Å². The molecule has 0 radical (unpaired) electrons. The van der Waals surface area contributed by atoms with Crippen LogP contribution in [0.25, 0.3) is 0 Å². The standard InChI is InChI=1S/C16H28N4/c1-5-14-19-15(17-6-2)10-16(20-14)18-13-8-7-11(3)9-12(13)4/h10-13H,5-9H2,1-4H3,(H2,17,18,19,20). The molecular formula is C16H28N4. The molecule has 4 nitrogen and oxygen atoms in total. The number of hydrogen-bond donors (Lipinski definition) is 2. The Morgan fingerprint density at radius 2 is 1.90 bits per heavy atom. The Morgan fingerprint density at radius 3 is 2.55 bits per heavy atom. The van der Waals surface area contributed by atoms with Gasteiger partial charge in [-0.25, -0.2) is 9.97 Å². The first-order valence-corrected chi connectivity index (χ1v) is 8.00. The summed E-state index contributed by atoms with van der Waals surface area (Å²) in [7, 11) is 0. The highest BCUT2D eigenvalue weighted by molar-refractivity contribution is 5.48. The zero-order valence-electron chi connectivity index (χ0n) is 13.2. The van der Waals surface area contributed by atoms with E-state index in [-0.39, 0.29) is 0 Å². The fraction of sp³-hybridized carbons (Fsp3) is 0.750. The minimum atomic E-state index is 0.542. The highest BCUT2D eigenvalue weighted by Crippen LogP contribution is 2.30. The van der Waals surface area contributed by atoms with Gasteiger partial charge in [0, 0.05) is 25.1 Å². The average molecular weight is 276 g/mol. The van der Waals surface area contributed by atoms with Crippen LogP contribution in [-0.2, 0) is 6.42 Å². The number of hydrogen-bond acceptors (Lipinski definition) is 4. The summed E-state index contributed by atoms with van der Waals surface area (Å²) in [4.78, 5) is 9.12. The molecule has 1 aromatic heterocycles. The molecule has 0 aromatic carbocycles. The highest BCUT2D eigenvalue weighted by Gasteiger charge is 2.25. The van der Waals surface area contributed by atoms with Gasteiger partial charge in [-0.15, -0.1) is 0 Å². The van der Waals surface area contributed by atoms with Gasteiger partial charge in [0.15, 0.2) is 0 Å². The summed E-state index contributed by atoms with van der Waals surface area (Å²) in [5, 5.41) is 6.92. The average Bonchev–Trinajstić information content (AvgIpc) is 2.42. The van der Waals surface area contributed by atoms with Gasteiger partial charge >= 0.3 is 0 Å². The topological polar surface area (TPSA) is 49.8 Å². The Bertz CT molecular complexity index is 432. The first-order chi connectivity index (χ1) is 9.62. The lowest BCUT2D eigenvalue weighted by molar-refractivity contribution is 0.276. The molecule has 3 atom stereocenters. The molecule has 1 heterocycles. The third-order valence-electron chi connectivity index (χ3n) is 4.21. The van der Waals surface area contributed by atoms with Crippen LogP contribution >= 0.6 is 0 Å². The number of nitrogens with one attached hydrogen (secondary N) is 2. The van der Waals surface area contributed by atoms with Crippen molar-refractivity contribution in [1.82, 2.24) is 9.97 Å². The van der Waals surface area contributed by atoms with E-state index in [0.717, 1.165) is 36.3 Å². The van der Waals surface area contributed by atoms with Crippen molar-refractivity contribution in [1.29, 1.82) is 0 Å². The molecule has 2 N–H and O–H groups in total. The molecule has 0 amide bonds. The number of rotatable bonds is 5. The van der Waals surface area contributed by atoms with Crippen LogP contribution in [0.4, 0.5) is 11.6 Å². The molecule has 1 aliphatic carbocycles. The van der Waals surface area contributed by atoms with E-state index >= 15 is 0 Å². The third kappa shape index (κ3) is 3.84. The summed E-state index contributed by atoms with van der Waals surface area (Å²) in [6.07, 6.45) is 4.73. The van der Waals surface area contributed by atoms with E-state index in [9.17, 15) is 0 Å². The molecule has 0 aliphatic heterocycles. The Kier molecular flexibility index (Phi) is 5.21. The van der Waals surface area contributed by atoms with Gasteiger partial charge in [-0.2, -0.15) is 0 Å². The van der Waals surface area contributed by atoms with Crippen LogP contribution in [0.15, 0.2) is 6.07 Å². The first kappa shape index (κ1) is 15.1. The molecule has 1 saturated carbocycles. The number of aryl methyl sites for hydroxylation is 1. The quantitative estimate of drug-likeness (QED) is 0.861. The van der Waals surface area contributed by atoms with E-state index in [2.05, 4.69) is 48.3 Å². The Hall–Kier alpha value is -1.32. The molecule has 1 aliphatic rings. The number of anilines is 2. The molecule has 1 fully saturated rings. The van der Waals surface area contributed by atoms with Crippen LogP contribution in [0.2, 0.25) is 0 Å². The van der Waals surface area contributed by atoms with E-state index < -0.39 is 0 Å². The zero-order valence-corrected chi connectivity index (χ0v) is 13.2. The van der Waals surface area contributed by atoms with Crippen LogP contribution in [0.1, 0.15) is 52.8 Å². The smallest absolute Gasteiger partial charge is 0.132 e. The molecule has 2 rings (SSSR count). The molecule has 0 bridgehead atoms. The van der Waals surface area contributed by atoms with Crippen LogP contribution in [-0.4, -0.2) is 22.6 Å². The second-order valence-electron chi connectivity index (χ2n) is 6.08. The Balaban J connectivity index is 2.09. The fourth-order valence-corrected chi connectivity index (χ4v) is 3.07. The van der Waals surface area contributed by atoms with Crippen molar-refractivity contribution < 1.29 is 0 Å². The van der Waals surface area contributed by atoms with Gasteiger partial charge in [-0.1, -0.05) is 20.8 Å². The highest BCUT2D eigenvalue weighted by atomic mass is 15.1. The monoisotopic (exact) mass is 276 g/mol. The van der Waals surface area contributed by atoms with E-state index in [1.165, 1.54) is 19.3 Å². The van der Waals surface area contributed by atoms with Gasteiger partial charge in [0.05, 0.1) is 0 Å². The van der Waals surface area contributed by atoms with E-state index in [1.54, 1.807) is 0 Å². The SMILES string of the molecule is CCNc1cc(NC2CCC(C)CC2C)nc(CC)n1. The maximum Gasteiger partial charge on any atom is 0.132 e. The van der Waals surface area contributed by atoms with Crippen LogP contribution in [0, 0.1) is 11.8 Å². The first-order valence-electron chi connectivity index (χ1n) is 8.00. The lowest BCUT2D eigenvalue weighted by Crippen LogP contribution is -2.33. The molecule has 20 heavy (non-hydrogen) atoms. The molecule has 0 saturated heterocycles. The number of nitrogens with zero attached hydrogens (tertiary/aromatic N) is 2. The van der Waals surface area contributed by atoms with E-state index in [0.29, 0.717) is 12.0 Å². The largest absolute Gasteiger partial charge is 0.370 e. The molecule has 1 aromatic rings. The zero-order chi connectivity index (χ0) is 14.5. The van der Waals surface area contributed by atoms with E-state index in [1.807, 2.05) is 6.07 Å². The number of aromatic nitrogens is 2.